The molecule has 0 amide bonds. The monoisotopic (exact) mass is 267 g/mol. The predicted octanol–water partition coefficient (Wildman–Crippen LogP) is 0.765. The molecule has 1 heterocycles. The Balaban J connectivity index is 1.81. The van der Waals surface area contributed by atoms with Crippen LogP contribution in [0.25, 0.3) is 0 Å². The van der Waals surface area contributed by atoms with E-state index in [1.54, 1.807) is 7.11 Å². The van der Waals surface area contributed by atoms with E-state index in [-0.39, 0.29) is 6.10 Å². The lowest BCUT2D eigenvalue weighted by molar-refractivity contribution is 0.0224. The number of aliphatic hydroxyl groups excluding tert-OH is 1. The molecule has 1 aromatic rings. The topological polar surface area (TPSA) is 51.2 Å². The van der Waals surface area contributed by atoms with Gasteiger partial charge in [0.25, 0.3) is 0 Å². The van der Waals surface area contributed by atoms with Crippen LogP contribution in [0.2, 0.25) is 0 Å². The van der Waals surface area contributed by atoms with Crippen LogP contribution in [-0.2, 0) is 4.74 Å². The highest BCUT2D eigenvalue weighted by molar-refractivity contribution is 5.40. The van der Waals surface area contributed by atoms with Gasteiger partial charge in [0, 0.05) is 20.2 Å². The van der Waals surface area contributed by atoms with Gasteiger partial charge in [-0.15, -0.1) is 0 Å². The van der Waals surface area contributed by atoms with Crippen molar-refractivity contribution in [2.24, 2.45) is 0 Å². The van der Waals surface area contributed by atoms with Crippen molar-refractivity contribution >= 4 is 0 Å². The van der Waals surface area contributed by atoms with Gasteiger partial charge >= 0.3 is 0 Å². The fourth-order valence-corrected chi connectivity index (χ4v) is 2.18. The van der Waals surface area contributed by atoms with Crippen molar-refractivity contribution in [2.45, 2.75) is 12.2 Å². The summed E-state index contributed by atoms with van der Waals surface area (Å²) in [5, 5.41) is 9.67. The molecule has 0 saturated carbocycles. The first kappa shape index (κ1) is 14.1. The van der Waals surface area contributed by atoms with E-state index in [1.807, 2.05) is 36.2 Å². The maximum absolute atomic E-state index is 9.67. The first-order chi connectivity index (χ1) is 9.19. The first-order valence-corrected chi connectivity index (χ1v) is 6.43. The van der Waals surface area contributed by atoms with Gasteiger partial charge in [0.2, 0.25) is 0 Å². The summed E-state index contributed by atoms with van der Waals surface area (Å²) in [5.41, 5.74) is 0. The Bertz CT molecular complexity index is 399. The van der Waals surface area contributed by atoms with E-state index < -0.39 is 6.10 Å². The largest absolute Gasteiger partial charge is 0.486 e. The van der Waals surface area contributed by atoms with Crippen LogP contribution in [0.3, 0.4) is 0 Å². The standard InChI is InChI=1S/C14H21NO4/c1-15(7-11(16)9-17-2)8-12-10-18-13-5-3-4-6-14(13)19-12/h3-6,11-12,16H,7-10H2,1-2H3. The van der Waals surface area contributed by atoms with Gasteiger partial charge in [-0.3, -0.25) is 4.90 Å². The van der Waals surface area contributed by atoms with Crippen molar-refractivity contribution < 1.29 is 19.3 Å². The third-order valence-electron chi connectivity index (χ3n) is 2.96. The highest BCUT2D eigenvalue weighted by atomic mass is 16.6. The summed E-state index contributed by atoms with van der Waals surface area (Å²) in [6.45, 7) is 2.13. The molecule has 2 unspecified atom stereocenters. The third kappa shape index (κ3) is 4.09. The van der Waals surface area contributed by atoms with Gasteiger partial charge < -0.3 is 19.3 Å². The minimum atomic E-state index is -0.480. The number of rotatable bonds is 6. The Labute approximate surface area is 113 Å². The van der Waals surface area contributed by atoms with Gasteiger partial charge in [-0.05, 0) is 19.2 Å². The predicted molar refractivity (Wildman–Crippen MR) is 71.7 cm³/mol. The number of fused-ring (bicyclic) bond motifs is 1. The minimum absolute atomic E-state index is 0.0188. The Morgan fingerprint density at radius 3 is 2.89 bits per heavy atom. The van der Waals surface area contributed by atoms with Crippen molar-refractivity contribution in [1.82, 2.24) is 4.90 Å². The van der Waals surface area contributed by atoms with E-state index in [1.165, 1.54) is 0 Å². The Morgan fingerprint density at radius 2 is 2.16 bits per heavy atom. The zero-order chi connectivity index (χ0) is 13.7. The van der Waals surface area contributed by atoms with E-state index in [0.717, 1.165) is 11.5 Å². The van der Waals surface area contributed by atoms with Crippen LogP contribution in [-0.4, -0.2) is 62.7 Å². The molecule has 1 N–H and O–H groups in total. The number of methoxy groups -OCH3 is 1. The summed E-state index contributed by atoms with van der Waals surface area (Å²) in [4.78, 5) is 2.02. The first-order valence-electron chi connectivity index (χ1n) is 6.43. The van der Waals surface area contributed by atoms with Gasteiger partial charge in [-0.2, -0.15) is 0 Å². The Kier molecular flexibility index (Phi) is 5.01. The van der Waals surface area contributed by atoms with E-state index in [9.17, 15) is 5.11 Å². The zero-order valence-corrected chi connectivity index (χ0v) is 11.4. The van der Waals surface area contributed by atoms with Crippen LogP contribution in [0, 0.1) is 0 Å². The molecule has 0 radical (unpaired) electrons. The van der Waals surface area contributed by atoms with Crippen LogP contribution in [0.4, 0.5) is 0 Å². The second-order valence-electron chi connectivity index (χ2n) is 4.83. The summed E-state index contributed by atoms with van der Waals surface area (Å²) in [6, 6.07) is 7.66. The number of aliphatic hydroxyl groups is 1. The van der Waals surface area contributed by atoms with E-state index in [2.05, 4.69) is 0 Å². The molecule has 0 fully saturated rings. The van der Waals surface area contributed by atoms with Crippen molar-refractivity contribution in [3.8, 4) is 11.5 Å². The number of hydrogen-bond acceptors (Lipinski definition) is 5. The van der Waals surface area contributed by atoms with Crippen LogP contribution in [0.15, 0.2) is 24.3 Å². The van der Waals surface area contributed by atoms with Gasteiger partial charge in [-0.25, -0.2) is 0 Å². The smallest absolute Gasteiger partial charge is 0.161 e. The lowest BCUT2D eigenvalue weighted by Crippen LogP contribution is -2.42. The lowest BCUT2D eigenvalue weighted by atomic mass is 10.2. The van der Waals surface area contributed by atoms with E-state index in [0.29, 0.717) is 26.3 Å². The van der Waals surface area contributed by atoms with Gasteiger partial charge in [0.05, 0.1) is 12.7 Å². The molecule has 0 bridgehead atoms. The molecule has 0 aromatic heterocycles. The fraction of sp³-hybridized carbons (Fsp3) is 0.571. The molecule has 106 valence electrons. The average Bonchev–Trinajstić information content (AvgIpc) is 2.38. The SMILES string of the molecule is COCC(O)CN(C)CC1COc2ccccc2O1. The molecule has 1 aromatic carbocycles. The van der Waals surface area contributed by atoms with Crippen molar-refractivity contribution in [3.63, 3.8) is 0 Å². The molecule has 2 atom stereocenters. The molecule has 0 aliphatic carbocycles. The van der Waals surface area contributed by atoms with Crippen molar-refractivity contribution in [3.05, 3.63) is 24.3 Å². The molecule has 5 heteroatoms. The summed E-state index contributed by atoms with van der Waals surface area (Å²) >= 11 is 0. The highest BCUT2D eigenvalue weighted by Gasteiger charge is 2.22. The lowest BCUT2D eigenvalue weighted by Gasteiger charge is -2.30. The third-order valence-corrected chi connectivity index (χ3v) is 2.96. The average molecular weight is 267 g/mol. The molecule has 2 rings (SSSR count). The molecule has 5 nitrogen and oxygen atoms in total. The normalized spacial score (nSPS) is 19.5. The highest BCUT2D eigenvalue weighted by Crippen LogP contribution is 2.30. The molecule has 0 saturated heterocycles. The maximum atomic E-state index is 9.67. The van der Waals surface area contributed by atoms with Crippen LogP contribution in [0.5, 0.6) is 11.5 Å². The number of para-hydroxylation sites is 2. The van der Waals surface area contributed by atoms with Gasteiger partial charge in [-0.1, -0.05) is 12.1 Å². The van der Waals surface area contributed by atoms with Crippen LogP contribution in [0.1, 0.15) is 0 Å². The quantitative estimate of drug-likeness (QED) is 0.825. The fourth-order valence-electron chi connectivity index (χ4n) is 2.18. The van der Waals surface area contributed by atoms with E-state index >= 15 is 0 Å². The van der Waals surface area contributed by atoms with Gasteiger partial charge in [0.1, 0.15) is 12.7 Å². The second-order valence-corrected chi connectivity index (χ2v) is 4.83. The van der Waals surface area contributed by atoms with E-state index in [4.69, 9.17) is 14.2 Å². The van der Waals surface area contributed by atoms with Gasteiger partial charge in [0.15, 0.2) is 11.5 Å². The molecule has 1 aliphatic heterocycles. The number of likely N-dealkylation sites (N-methyl/N-ethyl adjacent to an activating group) is 1. The molecular weight excluding hydrogens is 246 g/mol. The zero-order valence-electron chi connectivity index (χ0n) is 11.4. The van der Waals surface area contributed by atoms with Crippen LogP contribution < -0.4 is 9.47 Å². The maximum Gasteiger partial charge on any atom is 0.161 e. The second kappa shape index (κ2) is 6.75. The summed E-state index contributed by atoms with van der Waals surface area (Å²) in [7, 11) is 3.53. The summed E-state index contributed by atoms with van der Waals surface area (Å²) < 4.78 is 16.4. The molecule has 1 aliphatic rings. The number of ether oxygens (including phenoxy) is 3. The van der Waals surface area contributed by atoms with Crippen LogP contribution >= 0.6 is 0 Å². The Hall–Kier alpha value is -1.30. The molecule has 19 heavy (non-hydrogen) atoms. The summed E-state index contributed by atoms with van der Waals surface area (Å²) in [6.07, 6.45) is -0.499. The Morgan fingerprint density at radius 1 is 1.42 bits per heavy atom. The molecular formula is C14H21NO4. The number of benzene rings is 1. The number of hydrogen-bond donors (Lipinski definition) is 1. The van der Waals surface area contributed by atoms with Crippen molar-refractivity contribution in [1.29, 1.82) is 0 Å². The molecule has 0 spiro atoms. The minimum Gasteiger partial charge on any atom is -0.486 e. The number of nitrogens with zero attached hydrogens (tertiary/aromatic N) is 1. The van der Waals surface area contributed by atoms with Crippen molar-refractivity contribution in [2.75, 3.05) is 40.5 Å². The summed E-state index contributed by atoms with van der Waals surface area (Å²) in [5.74, 6) is 1.57.